The maximum atomic E-state index is 12.3. The number of nitrogens with one attached hydrogen (secondary N) is 1. The highest BCUT2D eigenvalue weighted by Gasteiger charge is 2.13. The normalized spacial score (nSPS) is 10.6. The maximum Gasteiger partial charge on any atom is 0.238 e. The lowest BCUT2D eigenvalue weighted by atomic mass is 10.1. The third-order valence-corrected chi connectivity index (χ3v) is 4.54. The van der Waals surface area contributed by atoms with Crippen molar-refractivity contribution < 1.29 is 14.3 Å². The number of carbonyl (C=O) groups excluding carboxylic acids is 1. The zero-order valence-electron chi connectivity index (χ0n) is 14.9. The molecule has 0 aliphatic heterocycles. The Hall–Kier alpha value is -2.05. The summed E-state index contributed by atoms with van der Waals surface area (Å²) in [6.45, 7) is 2.94. The van der Waals surface area contributed by atoms with Crippen molar-refractivity contribution in [3.8, 4) is 11.5 Å². The summed E-state index contributed by atoms with van der Waals surface area (Å²) >= 11 is 3.43. The van der Waals surface area contributed by atoms with Crippen LogP contribution in [0.4, 0.5) is 5.69 Å². The number of methoxy groups -OCH3 is 2. The molecule has 134 valence electrons. The topological polar surface area (TPSA) is 50.8 Å². The molecule has 0 bridgehead atoms. The van der Waals surface area contributed by atoms with Crippen LogP contribution in [0.5, 0.6) is 11.5 Å². The van der Waals surface area contributed by atoms with Gasteiger partial charge in [-0.2, -0.15) is 0 Å². The van der Waals surface area contributed by atoms with E-state index in [9.17, 15) is 4.79 Å². The van der Waals surface area contributed by atoms with E-state index in [1.165, 1.54) is 0 Å². The molecule has 0 spiro atoms. The number of benzene rings is 2. The van der Waals surface area contributed by atoms with Gasteiger partial charge in [0.15, 0.2) is 11.5 Å². The zero-order valence-corrected chi connectivity index (χ0v) is 16.5. The number of carbonyl (C=O) groups is 1. The van der Waals surface area contributed by atoms with Crippen LogP contribution in [0, 0.1) is 6.92 Å². The van der Waals surface area contributed by atoms with Crippen LogP contribution in [0.25, 0.3) is 0 Å². The number of aryl methyl sites for hydroxylation is 1. The van der Waals surface area contributed by atoms with Crippen LogP contribution in [-0.4, -0.2) is 38.6 Å². The van der Waals surface area contributed by atoms with E-state index in [0.717, 1.165) is 21.3 Å². The number of rotatable bonds is 7. The largest absolute Gasteiger partial charge is 0.493 e. The lowest BCUT2D eigenvalue weighted by Gasteiger charge is -2.19. The molecule has 25 heavy (non-hydrogen) atoms. The second-order valence-corrected chi connectivity index (χ2v) is 6.69. The average molecular weight is 407 g/mol. The molecule has 1 amide bonds. The molecule has 5 nitrogen and oxygen atoms in total. The van der Waals surface area contributed by atoms with Gasteiger partial charge < -0.3 is 14.8 Å². The Labute approximate surface area is 157 Å². The molecule has 0 saturated carbocycles. The number of para-hydroxylation sites is 1. The van der Waals surface area contributed by atoms with E-state index < -0.39 is 0 Å². The summed E-state index contributed by atoms with van der Waals surface area (Å²) in [7, 11) is 5.15. The fourth-order valence-electron chi connectivity index (χ4n) is 2.54. The third kappa shape index (κ3) is 5.21. The predicted molar refractivity (Wildman–Crippen MR) is 103 cm³/mol. The van der Waals surface area contributed by atoms with Crippen LogP contribution in [0.3, 0.4) is 0 Å². The highest BCUT2D eigenvalue weighted by molar-refractivity contribution is 9.10. The summed E-state index contributed by atoms with van der Waals surface area (Å²) in [4.78, 5) is 14.2. The van der Waals surface area contributed by atoms with Gasteiger partial charge in [-0.15, -0.1) is 0 Å². The molecule has 0 unspecified atom stereocenters. The van der Waals surface area contributed by atoms with Gasteiger partial charge in [0.25, 0.3) is 0 Å². The highest BCUT2D eigenvalue weighted by atomic mass is 79.9. The van der Waals surface area contributed by atoms with E-state index in [2.05, 4.69) is 21.2 Å². The first-order valence-corrected chi connectivity index (χ1v) is 8.68. The van der Waals surface area contributed by atoms with Crippen LogP contribution in [-0.2, 0) is 11.3 Å². The Kier molecular flexibility index (Phi) is 6.84. The van der Waals surface area contributed by atoms with Crippen LogP contribution in [0.1, 0.15) is 11.1 Å². The van der Waals surface area contributed by atoms with Crippen LogP contribution < -0.4 is 14.8 Å². The summed E-state index contributed by atoms with van der Waals surface area (Å²) in [6.07, 6.45) is 0. The van der Waals surface area contributed by atoms with E-state index in [0.29, 0.717) is 18.0 Å². The summed E-state index contributed by atoms with van der Waals surface area (Å²) in [5.74, 6) is 1.33. The first-order chi connectivity index (χ1) is 11.9. The first kappa shape index (κ1) is 19.3. The lowest BCUT2D eigenvalue weighted by Crippen LogP contribution is -2.30. The zero-order chi connectivity index (χ0) is 18.4. The number of ether oxygens (including phenoxy) is 2. The molecule has 2 rings (SSSR count). The fourth-order valence-corrected chi connectivity index (χ4v) is 2.92. The number of likely N-dealkylation sites (N-methyl/N-ethyl adjacent to an activating group) is 1. The monoisotopic (exact) mass is 406 g/mol. The van der Waals surface area contributed by atoms with E-state index in [1.807, 2.05) is 55.3 Å². The van der Waals surface area contributed by atoms with Crippen molar-refractivity contribution in [2.24, 2.45) is 0 Å². The van der Waals surface area contributed by atoms with Crippen LogP contribution in [0.15, 0.2) is 40.9 Å². The first-order valence-electron chi connectivity index (χ1n) is 7.89. The maximum absolute atomic E-state index is 12.3. The molecule has 0 aliphatic rings. The van der Waals surface area contributed by atoms with Crippen molar-refractivity contribution in [1.29, 1.82) is 0 Å². The Morgan fingerprint density at radius 3 is 2.44 bits per heavy atom. The van der Waals surface area contributed by atoms with Crippen molar-refractivity contribution in [1.82, 2.24) is 4.90 Å². The van der Waals surface area contributed by atoms with Gasteiger partial charge in [0, 0.05) is 11.0 Å². The second kappa shape index (κ2) is 8.87. The predicted octanol–water partition coefficient (Wildman–Crippen LogP) is 3.85. The lowest BCUT2D eigenvalue weighted by molar-refractivity contribution is -0.117. The van der Waals surface area contributed by atoms with Gasteiger partial charge in [-0.05, 0) is 65.3 Å². The van der Waals surface area contributed by atoms with Crippen molar-refractivity contribution in [3.05, 3.63) is 52.0 Å². The fraction of sp³-hybridized carbons (Fsp3) is 0.316. The van der Waals surface area contributed by atoms with E-state index in [1.54, 1.807) is 14.2 Å². The molecular weight excluding hydrogens is 384 g/mol. The van der Waals surface area contributed by atoms with Gasteiger partial charge in [0.05, 0.1) is 26.5 Å². The van der Waals surface area contributed by atoms with Gasteiger partial charge >= 0.3 is 0 Å². The Morgan fingerprint density at radius 1 is 1.16 bits per heavy atom. The standard InChI is InChI=1S/C19H23BrN2O3/c1-13-9-17(24-3)18(25-4)10-14(13)11-22(2)12-19(23)21-16-8-6-5-7-15(16)20/h5-10H,11-12H2,1-4H3,(H,21,23). The van der Waals surface area contributed by atoms with Gasteiger partial charge in [-0.1, -0.05) is 12.1 Å². The summed E-state index contributed by atoms with van der Waals surface area (Å²) < 4.78 is 11.5. The van der Waals surface area contributed by atoms with Gasteiger partial charge in [-0.3, -0.25) is 9.69 Å². The molecule has 0 fully saturated rings. The molecule has 1 N–H and O–H groups in total. The second-order valence-electron chi connectivity index (χ2n) is 5.83. The molecule has 0 saturated heterocycles. The number of hydrogen-bond acceptors (Lipinski definition) is 4. The number of nitrogens with zero attached hydrogens (tertiary/aromatic N) is 1. The average Bonchev–Trinajstić information content (AvgIpc) is 2.58. The molecular formula is C19H23BrN2O3. The molecule has 0 atom stereocenters. The van der Waals surface area contributed by atoms with E-state index in [-0.39, 0.29) is 12.5 Å². The molecule has 2 aromatic carbocycles. The molecule has 0 aromatic heterocycles. The van der Waals surface area contributed by atoms with E-state index >= 15 is 0 Å². The summed E-state index contributed by atoms with van der Waals surface area (Å²) in [6, 6.07) is 11.5. The SMILES string of the molecule is COc1cc(C)c(CN(C)CC(=O)Nc2ccccc2Br)cc1OC. The van der Waals surface area contributed by atoms with Crippen molar-refractivity contribution in [3.63, 3.8) is 0 Å². The van der Waals surface area contributed by atoms with Crippen molar-refractivity contribution in [2.45, 2.75) is 13.5 Å². The minimum atomic E-state index is -0.0625. The summed E-state index contributed by atoms with van der Waals surface area (Å²) in [5, 5.41) is 2.91. The molecule has 0 aliphatic carbocycles. The minimum absolute atomic E-state index is 0.0625. The van der Waals surface area contributed by atoms with Gasteiger partial charge in [0.2, 0.25) is 5.91 Å². The highest BCUT2D eigenvalue weighted by Crippen LogP contribution is 2.30. The van der Waals surface area contributed by atoms with Crippen molar-refractivity contribution >= 4 is 27.5 Å². The molecule has 0 radical (unpaired) electrons. The Morgan fingerprint density at radius 2 is 1.80 bits per heavy atom. The Bertz CT molecular complexity index is 749. The minimum Gasteiger partial charge on any atom is -0.493 e. The Balaban J connectivity index is 2.01. The van der Waals surface area contributed by atoms with Gasteiger partial charge in [0.1, 0.15) is 0 Å². The van der Waals surface area contributed by atoms with Crippen molar-refractivity contribution in [2.75, 3.05) is 33.1 Å². The number of halogens is 1. The van der Waals surface area contributed by atoms with Crippen LogP contribution in [0.2, 0.25) is 0 Å². The number of hydrogen-bond donors (Lipinski definition) is 1. The number of amides is 1. The molecule has 2 aromatic rings. The smallest absolute Gasteiger partial charge is 0.238 e. The summed E-state index contributed by atoms with van der Waals surface area (Å²) in [5.41, 5.74) is 2.95. The molecule has 0 heterocycles. The van der Waals surface area contributed by atoms with E-state index in [4.69, 9.17) is 9.47 Å². The molecule has 6 heteroatoms. The third-order valence-electron chi connectivity index (χ3n) is 3.84. The van der Waals surface area contributed by atoms with Gasteiger partial charge in [-0.25, -0.2) is 0 Å². The van der Waals surface area contributed by atoms with Crippen LogP contribution >= 0.6 is 15.9 Å². The number of anilines is 1. The quantitative estimate of drug-likeness (QED) is 0.758.